The van der Waals surface area contributed by atoms with Crippen LogP contribution >= 0.6 is 11.3 Å². The molecular weight excluding hydrogens is 268 g/mol. The molecule has 7 heteroatoms. The van der Waals surface area contributed by atoms with Crippen LogP contribution in [0.3, 0.4) is 0 Å². The van der Waals surface area contributed by atoms with Gasteiger partial charge in [0.05, 0.1) is 11.6 Å². The molecule has 0 aromatic carbocycles. The van der Waals surface area contributed by atoms with E-state index >= 15 is 0 Å². The minimum Gasteiger partial charge on any atom is -0.477 e. The minimum absolute atomic E-state index is 0.0357. The smallest absolute Gasteiger partial charge is 0.348 e. The van der Waals surface area contributed by atoms with E-state index < -0.39 is 11.9 Å². The zero-order valence-electron chi connectivity index (χ0n) is 10.4. The number of likely N-dealkylation sites (tertiary alicyclic amines) is 1. The van der Waals surface area contributed by atoms with Gasteiger partial charge in [-0.25, -0.2) is 4.79 Å². The molecule has 1 fully saturated rings. The number of thiophene rings is 1. The van der Waals surface area contributed by atoms with Gasteiger partial charge in [0.15, 0.2) is 0 Å². The molecule has 1 saturated heterocycles. The lowest BCUT2D eigenvalue weighted by Crippen LogP contribution is -2.28. The molecule has 0 aliphatic carbocycles. The number of carboxylic acids is 1. The summed E-state index contributed by atoms with van der Waals surface area (Å²) in [7, 11) is 0. The summed E-state index contributed by atoms with van der Waals surface area (Å²) in [6.07, 6.45) is 0.187. The summed E-state index contributed by atoms with van der Waals surface area (Å²) in [6.45, 7) is 2.84. The Labute approximate surface area is 114 Å². The predicted octanol–water partition coefficient (Wildman–Crippen LogP) is 1.25. The summed E-state index contributed by atoms with van der Waals surface area (Å²) >= 11 is 1.06. The number of nitrogens with zero attached hydrogens (tertiary/aromatic N) is 1. The van der Waals surface area contributed by atoms with Crippen LogP contribution in [-0.2, 0) is 9.59 Å². The van der Waals surface area contributed by atoms with E-state index in [9.17, 15) is 14.4 Å². The fraction of sp³-hybridized carbons (Fsp3) is 0.417. The Kier molecular flexibility index (Phi) is 3.84. The highest BCUT2D eigenvalue weighted by atomic mass is 32.1. The van der Waals surface area contributed by atoms with Gasteiger partial charge in [-0.1, -0.05) is 0 Å². The second kappa shape index (κ2) is 5.40. The van der Waals surface area contributed by atoms with E-state index in [1.165, 1.54) is 0 Å². The Bertz CT molecular complexity index is 526. The van der Waals surface area contributed by atoms with Crippen LogP contribution in [0, 0.1) is 5.92 Å². The summed E-state index contributed by atoms with van der Waals surface area (Å²) in [6, 6.07) is 1.56. The Morgan fingerprint density at radius 1 is 1.58 bits per heavy atom. The van der Waals surface area contributed by atoms with E-state index in [-0.39, 0.29) is 23.1 Å². The SMILES string of the molecule is CCN1CC(C(=O)Nc2ccsc2C(=O)O)CC1=O. The molecular formula is C12H14N2O4S. The third-order valence-corrected chi connectivity index (χ3v) is 3.99. The second-order valence-corrected chi connectivity index (χ2v) is 5.21. The van der Waals surface area contributed by atoms with Crippen LogP contribution in [0.2, 0.25) is 0 Å². The molecule has 0 bridgehead atoms. The monoisotopic (exact) mass is 282 g/mol. The number of anilines is 1. The number of hydrogen-bond acceptors (Lipinski definition) is 4. The molecule has 2 N–H and O–H groups in total. The highest BCUT2D eigenvalue weighted by Gasteiger charge is 2.33. The highest BCUT2D eigenvalue weighted by molar-refractivity contribution is 7.12. The summed E-state index contributed by atoms with van der Waals surface area (Å²) in [5.41, 5.74) is 0.296. The number of carboxylic acid groups (broad SMARTS) is 1. The first-order valence-electron chi connectivity index (χ1n) is 5.92. The number of aromatic carboxylic acids is 1. The lowest BCUT2D eigenvalue weighted by atomic mass is 10.1. The first-order valence-corrected chi connectivity index (χ1v) is 6.80. The van der Waals surface area contributed by atoms with E-state index in [4.69, 9.17) is 5.11 Å². The first kappa shape index (κ1) is 13.5. The lowest BCUT2D eigenvalue weighted by molar-refractivity contribution is -0.128. The Balaban J connectivity index is 2.04. The second-order valence-electron chi connectivity index (χ2n) is 4.29. The quantitative estimate of drug-likeness (QED) is 0.870. The van der Waals surface area contributed by atoms with Crippen molar-refractivity contribution < 1.29 is 19.5 Å². The van der Waals surface area contributed by atoms with Gasteiger partial charge in [-0.05, 0) is 18.4 Å². The van der Waals surface area contributed by atoms with E-state index in [1.54, 1.807) is 16.3 Å². The zero-order chi connectivity index (χ0) is 14.0. The molecule has 2 rings (SSSR count). The summed E-state index contributed by atoms with van der Waals surface area (Å²) in [5, 5.41) is 13.2. The predicted molar refractivity (Wildman–Crippen MR) is 70.3 cm³/mol. The van der Waals surface area contributed by atoms with Gasteiger partial charge in [0.1, 0.15) is 4.88 Å². The standard InChI is InChI=1S/C12H14N2O4S/c1-2-14-6-7(5-9(14)15)11(16)13-8-3-4-19-10(8)12(17)18/h3-4,7H,2,5-6H2,1H3,(H,13,16)(H,17,18). The molecule has 1 aromatic rings. The Morgan fingerprint density at radius 3 is 2.89 bits per heavy atom. The van der Waals surface area contributed by atoms with Gasteiger partial charge in [0, 0.05) is 19.5 Å². The summed E-state index contributed by atoms with van der Waals surface area (Å²) < 4.78 is 0. The summed E-state index contributed by atoms with van der Waals surface area (Å²) in [4.78, 5) is 36.2. The Hall–Kier alpha value is -1.89. The van der Waals surface area contributed by atoms with Crippen molar-refractivity contribution in [3.63, 3.8) is 0 Å². The van der Waals surface area contributed by atoms with Gasteiger partial charge in [0.2, 0.25) is 11.8 Å². The molecule has 19 heavy (non-hydrogen) atoms. The fourth-order valence-electron chi connectivity index (χ4n) is 2.06. The number of carbonyl (C=O) groups excluding carboxylic acids is 2. The van der Waals surface area contributed by atoms with Crippen molar-refractivity contribution in [3.05, 3.63) is 16.3 Å². The van der Waals surface area contributed by atoms with Crippen molar-refractivity contribution in [2.75, 3.05) is 18.4 Å². The number of rotatable bonds is 4. The maximum atomic E-state index is 12.0. The molecule has 102 valence electrons. The van der Waals surface area contributed by atoms with Gasteiger partial charge in [0.25, 0.3) is 0 Å². The average Bonchev–Trinajstić information content (AvgIpc) is 2.95. The topological polar surface area (TPSA) is 86.7 Å². The molecule has 0 radical (unpaired) electrons. The number of hydrogen-bond donors (Lipinski definition) is 2. The molecule has 0 spiro atoms. The molecule has 1 unspecified atom stereocenters. The van der Waals surface area contributed by atoms with Crippen molar-refractivity contribution in [3.8, 4) is 0 Å². The molecule has 2 amide bonds. The highest BCUT2D eigenvalue weighted by Crippen LogP contribution is 2.24. The molecule has 1 aromatic heterocycles. The minimum atomic E-state index is -1.07. The molecule has 0 saturated carbocycles. The van der Waals surface area contributed by atoms with Crippen LogP contribution in [0.5, 0.6) is 0 Å². The lowest BCUT2D eigenvalue weighted by Gasteiger charge is -2.13. The third-order valence-electron chi connectivity index (χ3n) is 3.08. The van der Waals surface area contributed by atoms with Gasteiger partial charge in [-0.2, -0.15) is 0 Å². The molecule has 1 aliphatic rings. The van der Waals surface area contributed by atoms with E-state index in [1.807, 2.05) is 6.92 Å². The number of carbonyl (C=O) groups is 3. The van der Waals surface area contributed by atoms with Crippen LogP contribution in [0.4, 0.5) is 5.69 Å². The Morgan fingerprint density at radius 2 is 2.32 bits per heavy atom. The van der Waals surface area contributed by atoms with Crippen LogP contribution in [-0.4, -0.2) is 40.9 Å². The number of amides is 2. The van der Waals surface area contributed by atoms with Crippen LogP contribution in [0.1, 0.15) is 23.0 Å². The number of nitrogens with one attached hydrogen (secondary N) is 1. The van der Waals surface area contributed by atoms with Crippen molar-refractivity contribution >= 4 is 34.8 Å². The van der Waals surface area contributed by atoms with E-state index in [0.29, 0.717) is 18.8 Å². The zero-order valence-corrected chi connectivity index (χ0v) is 11.2. The van der Waals surface area contributed by atoms with E-state index in [0.717, 1.165) is 11.3 Å². The molecule has 2 heterocycles. The van der Waals surface area contributed by atoms with Crippen molar-refractivity contribution in [2.45, 2.75) is 13.3 Å². The van der Waals surface area contributed by atoms with Crippen LogP contribution < -0.4 is 5.32 Å². The fourth-order valence-corrected chi connectivity index (χ4v) is 2.75. The van der Waals surface area contributed by atoms with Gasteiger partial charge < -0.3 is 15.3 Å². The van der Waals surface area contributed by atoms with Crippen LogP contribution in [0.25, 0.3) is 0 Å². The molecule has 6 nitrogen and oxygen atoms in total. The summed E-state index contributed by atoms with van der Waals surface area (Å²) in [5.74, 6) is -1.81. The van der Waals surface area contributed by atoms with Gasteiger partial charge >= 0.3 is 5.97 Å². The van der Waals surface area contributed by atoms with Crippen molar-refractivity contribution in [2.24, 2.45) is 5.92 Å². The third kappa shape index (κ3) is 2.76. The maximum absolute atomic E-state index is 12.0. The average molecular weight is 282 g/mol. The maximum Gasteiger partial charge on any atom is 0.348 e. The van der Waals surface area contributed by atoms with Gasteiger partial charge in [-0.15, -0.1) is 11.3 Å². The molecule has 1 atom stereocenters. The molecule has 1 aliphatic heterocycles. The van der Waals surface area contributed by atoms with Crippen LogP contribution in [0.15, 0.2) is 11.4 Å². The van der Waals surface area contributed by atoms with E-state index in [2.05, 4.69) is 5.32 Å². The largest absolute Gasteiger partial charge is 0.477 e. The van der Waals surface area contributed by atoms with Gasteiger partial charge in [-0.3, -0.25) is 9.59 Å². The van der Waals surface area contributed by atoms with Crippen molar-refractivity contribution in [1.29, 1.82) is 0 Å². The first-order chi connectivity index (χ1) is 9.02. The normalized spacial score (nSPS) is 18.7. The van der Waals surface area contributed by atoms with Crippen molar-refractivity contribution in [1.82, 2.24) is 4.90 Å².